The zero-order valence-corrected chi connectivity index (χ0v) is 22.5. The van der Waals surface area contributed by atoms with Gasteiger partial charge in [0, 0.05) is 28.9 Å². The molecule has 2 N–H and O–H groups in total. The lowest BCUT2D eigenvalue weighted by Crippen LogP contribution is -2.69. The first-order valence-electron chi connectivity index (χ1n) is 13.3. The van der Waals surface area contributed by atoms with Gasteiger partial charge in [0.25, 0.3) is 5.69 Å². The molecule has 40 heavy (non-hydrogen) atoms. The third-order valence-corrected chi connectivity index (χ3v) is 10.2. The lowest BCUT2D eigenvalue weighted by molar-refractivity contribution is -0.384. The summed E-state index contributed by atoms with van der Waals surface area (Å²) in [4.78, 5) is 47.9. The van der Waals surface area contributed by atoms with E-state index >= 15 is 4.39 Å². The molecule has 11 heteroatoms. The molecule has 5 unspecified atom stereocenters. The van der Waals surface area contributed by atoms with Gasteiger partial charge in [-0.25, -0.2) is 9.18 Å². The van der Waals surface area contributed by atoms with Crippen molar-refractivity contribution in [2.24, 2.45) is 28.6 Å². The Balaban J connectivity index is 1.35. The van der Waals surface area contributed by atoms with Crippen LogP contribution in [0.2, 0.25) is 0 Å². The fraction of sp³-hybridized carbons (Fsp3) is 0.552. The van der Waals surface area contributed by atoms with Crippen LogP contribution in [0.15, 0.2) is 48.1 Å². The Bertz CT molecular complexity index is 1340. The molecule has 0 radical (unpaired) electrons. The number of aliphatic hydroxyl groups excluding tert-OH is 1. The van der Waals surface area contributed by atoms with Crippen molar-refractivity contribution in [2.45, 2.75) is 63.8 Å². The minimum Gasteiger partial charge on any atom is -0.426 e. The van der Waals surface area contributed by atoms with E-state index in [4.69, 9.17) is 9.47 Å². The molecule has 10 nitrogen and oxygen atoms in total. The maximum Gasteiger partial charge on any atom is 0.514 e. The van der Waals surface area contributed by atoms with Crippen molar-refractivity contribution in [1.29, 1.82) is 0 Å². The second-order valence-corrected chi connectivity index (χ2v) is 12.0. The minimum absolute atomic E-state index is 0.0321. The number of ether oxygens (including phenoxy) is 2. The number of fused-ring (bicyclic) bond motifs is 5. The Hall–Kier alpha value is -3.44. The molecule has 4 aliphatic carbocycles. The number of non-ortho nitro benzene ring substituents is 1. The molecule has 0 heterocycles. The number of carbonyl (C=O) groups is 3. The molecule has 5 rings (SSSR count). The van der Waals surface area contributed by atoms with Crippen LogP contribution in [0.5, 0.6) is 5.75 Å². The molecule has 3 fully saturated rings. The molecule has 1 aromatic carbocycles. The topological polar surface area (TPSA) is 153 Å². The third kappa shape index (κ3) is 3.77. The number of Topliss-reactive ketones (excluding diaryl/α,β-unsaturated/α-hetero) is 1. The normalized spacial score (nSPS) is 39.9. The number of allylic oxidation sites excluding steroid dienone is 4. The van der Waals surface area contributed by atoms with E-state index in [2.05, 4.69) is 0 Å². The summed E-state index contributed by atoms with van der Waals surface area (Å²) in [6, 6.07) is 4.69. The number of aliphatic hydroxyl groups is 2. The van der Waals surface area contributed by atoms with Crippen molar-refractivity contribution in [1.82, 2.24) is 0 Å². The van der Waals surface area contributed by atoms with Gasteiger partial charge in [0.15, 0.2) is 18.1 Å². The molecule has 3 saturated carbocycles. The van der Waals surface area contributed by atoms with Gasteiger partial charge in [-0.1, -0.05) is 25.5 Å². The number of nitrogens with zero attached hydrogens (tertiary/aromatic N) is 1. The zero-order chi connectivity index (χ0) is 29.3. The van der Waals surface area contributed by atoms with Crippen molar-refractivity contribution in [3.8, 4) is 5.75 Å². The average Bonchev–Trinajstić information content (AvgIpc) is 3.10. The summed E-state index contributed by atoms with van der Waals surface area (Å²) >= 11 is 0. The molecule has 214 valence electrons. The predicted molar refractivity (Wildman–Crippen MR) is 138 cm³/mol. The number of hydrogen-bond acceptors (Lipinski definition) is 9. The van der Waals surface area contributed by atoms with E-state index in [0.717, 1.165) is 12.1 Å². The number of carbonyl (C=O) groups excluding carboxylic acids is 3. The highest BCUT2D eigenvalue weighted by Crippen LogP contribution is 2.70. The summed E-state index contributed by atoms with van der Waals surface area (Å²) < 4.78 is 27.2. The van der Waals surface area contributed by atoms with Gasteiger partial charge >= 0.3 is 6.16 Å². The van der Waals surface area contributed by atoms with Crippen molar-refractivity contribution in [2.75, 3.05) is 6.61 Å². The Morgan fingerprint density at radius 1 is 1.20 bits per heavy atom. The first kappa shape index (κ1) is 28.1. The highest BCUT2D eigenvalue weighted by molar-refractivity contribution is 6.01. The van der Waals surface area contributed by atoms with Gasteiger partial charge in [0.1, 0.15) is 11.4 Å². The van der Waals surface area contributed by atoms with Crippen LogP contribution in [-0.2, 0) is 14.3 Å². The largest absolute Gasteiger partial charge is 0.514 e. The van der Waals surface area contributed by atoms with Crippen LogP contribution in [0, 0.1) is 38.7 Å². The van der Waals surface area contributed by atoms with Gasteiger partial charge in [0.05, 0.1) is 11.0 Å². The molecule has 0 bridgehead atoms. The Morgan fingerprint density at radius 2 is 1.88 bits per heavy atom. The fourth-order valence-electron chi connectivity index (χ4n) is 8.14. The van der Waals surface area contributed by atoms with E-state index in [0.29, 0.717) is 24.8 Å². The lowest BCUT2D eigenvalue weighted by Gasteiger charge is -2.62. The second-order valence-electron chi connectivity index (χ2n) is 12.0. The predicted octanol–water partition coefficient (Wildman–Crippen LogP) is 4.03. The monoisotopic (exact) mass is 557 g/mol. The smallest absolute Gasteiger partial charge is 0.426 e. The summed E-state index contributed by atoms with van der Waals surface area (Å²) in [5.41, 5.74) is -6.07. The van der Waals surface area contributed by atoms with Crippen LogP contribution >= 0.6 is 0 Å². The molecule has 0 amide bonds. The summed E-state index contributed by atoms with van der Waals surface area (Å²) in [7, 11) is 0. The van der Waals surface area contributed by atoms with E-state index in [9.17, 15) is 34.7 Å². The highest BCUT2D eigenvalue weighted by Gasteiger charge is 2.75. The number of ketones is 2. The van der Waals surface area contributed by atoms with Gasteiger partial charge in [-0.05, 0) is 68.7 Å². The zero-order valence-electron chi connectivity index (χ0n) is 22.5. The number of alkyl halides is 1. The SMILES string of the molecule is C[C@@H]1CC2C3CCC4=CC(=O)C=CC4(C)[C@@]3(F)C(O)CC2(C)[C@@]1(O)C(=O)COC(=O)Oc1ccc([N+](=O)[O-])cc1. The first-order valence-corrected chi connectivity index (χ1v) is 13.3. The standard InChI is InChI=1S/C29H32FNO9/c1-16-12-22-21-9-4-17-13-19(32)10-11-26(17,2)28(21,30)23(33)14-27(22,3)29(16,36)24(34)15-39-25(35)40-20-7-5-18(6-8-20)31(37)38/h5-8,10-11,13,16,21-23,33,36H,4,9,12,14-15H2,1-3H3/t16-,21?,22?,23?,26?,27?,28+,29+/m1/s1. The number of rotatable bonds is 5. The van der Waals surface area contributed by atoms with Crippen LogP contribution in [0.4, 0.5) is 14.9 Å². The molecule has 0 saturated heterocycles. The van der Waals surface area contributed by atoms with E-state index in [1.165, 1.54) is 24.3 Å². The van der Waals surface area contributed by atoms with Crippen molar-refractivity contribution >= 4 is 23.4 Å². The van der Waals surface area contributed by atoms with Crippen molar-refractivity contribution < 1.29 is 43.4 Å². The number of nitro groups is 1. The second kappa shape index (κ2) is 9.31. The fourth-order valence-corrected chi connectivity index (χ4v) is 8.14. The molecule has 0 spiro atoms. The lowest BCUT2D eigenvalue weighted by atomic mass is 9.44. The summed E-state index contributed by atoms with van der Waals surface area (Å²) in [6.07, 6.45) is 2.50. The number of hydrogen-bond donors (Lipinski definition) is 2. The third-order valence-electron chi connectivity index (χ3n) is 10.2. The van der Waals surface area contributed by atoms with Crippen LogP contribution < -0.4 is 4.74 Å². The number of benzene rings is 1. The van der Waals surface area contributed by atoms with Crippen LogP contribution in [0.3, 0.4) is 0 Å². The van der Waals surface area contributed by atoms with E-state index in [1.807, 2.05) is 0 Å². The molecule has 0 aliphatic heterocycles. The van der Waals surface area contributed by atoms with Crippen LogP contribution in [0.1, 0.15) is 46.5 Å². The average molecular weight is 558 g/mol. The summed E-state index contributed by atoms with van der Waals surface area (Å²) in [5, 5.41) is 34.1. The quantitative estimate of drug-likeness (QED) is 0.236. The van der Waals surface area contributed by atoms with E-state index in [-0.39, 0.29) is 23.6 Å². The Morgan fingerprint density at radius 3 is 2.52 bits per heavy atom. The van der Waals surface area contributed by atoms with E-state index < -0.39 is 69.4 Å². The number of nitro benzene ring substituents is 1. The van der Waals surface area contributed by atoms with Crippen LogP contribution in [-0.4, -0.2) is 56.8 Å². The molecule has 0 aromatic heterocycles. The van der Waals surface area contributed by atoms with Gasteiger partial charge in [-0.15, -0.1) is 0 Å². The van der Waals surface area contributed by atoms with Crippen LogP contribution in [0.25, 0.3) is 0 Å². The van der Waals surface area contributed by atoms with Gasteiger partial charge in [-0.3, -0.25) is 19.7 Å². The summed E-state index contributed by atoms with van der Waals surface area (Å²) in [6.45, 7) is 4.26. The Labute approximate surface area is 230 Å². The van der Waals surface area contributed by atoms with E-state index in [1.54, 1.807) is 26.8 Å². The number of halogens is 1. The van der Waals surface area contributed by atoms with Gasteiger partial charge < -0.3 is 19.7 Å². The van der Waals surface area contributed by atoms with Crippen molar-refractivity contribution in [3.05, 3.63) is 58.2 Å². The molecular formula is C29H32FNO9. The molecule has 1 aromatic rings. The molecular weight excluding hydrogens is 525 g/mol. The van der Waals surface area contributed by atoms with Gasteiger partial charge in [0.2, 0.25) is 5.78 Å². The minimum atomic E-state index is -2.10. The Kier molecular flexibility index (Phi) is 6.54. The van der Waals surface area contributed by atoms with Crippen molar-refractivity contribution in [3.63, 3.8) is 0 Å². The molecule has 4 aliphatic rings. The molecule has 8 atom stereocenters. The summed E-state index contributed by atoms with van der Waals surface area (Å²) in [5.74, 6) is -2.79. The maximum absolute atomic E-state index is 17.2. The maximum atomic E-state index is 17.2. The highest BCUT2D eigenvalue weighted by atomic mass is 19.1. The first-order chi connectivity index (χ1) is 18.7. The van der Waals surface area contributed by atoms with Gasteiger partial charge in [-0.2, -0.15) is 0 Å².